The van der Waals surface area contributed by atoms with Crippen LogP contribution in [0.3, 0.4) is 0 Å². The zero-order valence-electron chi connectivity index (χ0n) is 13.6. The van der Waals surface area contributed by atoms with Crippen molar-refractivity contribution in [1.29, 1.82) is 0 Å². The van der Waals surface area contributed by atoms with Gasteiger partial charge in [-0.05, 0) is 57.4 Å². The van der Waals surface area contributed by atoms with Crippen LogP contribution in [0.5, 0.6) is 0 Å². The number of nitrogens with one attached hydrogen (secondary N) is 1. The summed E-state index contributed by atoms with van der Waals surface area (Å²) in [4.78, 5) is 12.7. The number of anilines is 1. The maximum atomic E-state index is 12.7. The maximum Gasteiger partial charge on any atom is 0.206 e. The van der Waals surface area contributed by atoms with E-state index in [2.05, 4.69) is 28.5 Å². The molecule has 1 heterocycles. The third kappa shape index (κ3) is 3.87. The number of aromatic nitrogens is 2. The van der Waals surface area contributed by atoms with E-state index in [1.807, 2.05) is 33.8 Å². The van der Waals surface area contributed by atoms with Gasteiger partial charge in [0.15, 0.2) is 10.1 Å². The van der Waals surface area contributed by atoms with E-state index in [-0.39, 0.29) is 11.0 Å². The van der Waals surface area contributed by atoms with Gasteiger partial charge in [0.05, 0.1) is 5.25 Å². The second kappa shape index (κ2) is 7.24. The zero-order chi connectivity index (χ0) is 16.3. The first-order valence-electron chi connectivity index (χ1n) is 7.28. The van der Waals surface area contributed by atoms with Crippen LogP contribution in [0.25, 0.3) is 0 Å². The van der Waals surface area contributed by atoms with Crippen LogP contribution in [0.1, 0.15) is 40.9 Å². The molecular formula is C16H21N3OS2. The molecule has 0 bridgehead atoms. The molecule has 6 heteroatoms. The molecule has 4 nitrogen and oxygen atoms in total. The van der Waals surface area contributed by atoms with Crippen molar-refractivity contribution in [2.75, 3.05) is 11.9 Å². The number of carbonyl (C=O) groups is 1. The lowest BCUT2D eigenvalue weighted by atomic mass is 9.97. The van der Waals surface area contributed by atoms with Gasteiger partial charge in [0.25, 0.3) is 0 Å². The molecule has 0 aliphatic rings. The molecule has 0 fully saturated rings. The van der Waals surface area contributed by atoms with Crippen molar-refractivity contribution in [1.82, 2.24) is 10.2 Å². The first-order valence-corrected chi connectivity index (χ1v) is 8.98. The quantitative estimate of drug-likeness (QED) is 0.631. The zero-order valence-corrected chi connectivity index (χ0v) is 15.2. The number of thioether (sulfide) groups is 1. The van der Waals surface area contributed by atoms with Crippen LogP contribution in [0.15, 0.2) is 16.5 Å². The summed E-state index contributed by atoms with van der Waals surface area (Å²) in [6.45, 7) is 10.9. The standard InChI is InChI=1S/C16H21N3OS2/c1-6-17-15-18-19-16(22-15)21-12(5)14(20)13-8-10(3)9(2)7-11(13)4/h7-8,12H,6H2,1-5H3,(H,17,18)/t12-/m1/s1. The number of carbonyl (C=O) groups excluding carboxylic acids is 1. The topological polar surface area (TPSA) is 54.9 Å². The molecule has 0 aliphatic heterocycles. The van der Waals surface area contributed by atoms with Crippen molar-refractivity contribution in [2.45, 2.75) is 44.2 Å². The van der Waals surface area contributed by atoms with Crippen LogP contribution >= 0.6 is 23.1 Å². The molecule has 2 aromatic rings. The number of hydrogen-bond donors (Lipinski definition) is 1. The first-order chi connectivity index (χ1) is 10.4. The van der Waals surface area contributed by atoms with E-state index in [9.17, 15) is 4.79 Å². The normalized spacial score (nSPS) is 12.2. The SMILES string of the molecule is CCNc1nnc(S[C@H](C)C(=O)c2cc(C)c(C)cc2C)s1. The van der Waals surface area contributed by atoms with E-state index >= 15 is 0 Å². The van der Waals surface area contributed by atoms with Crippen LogP contribution in [-0.4, -0.2) is 27.8 Å². The Morgan fingerprint density at radius 3 is 2.59 bits per heavy atom. The van der Waals surface area contributed by atoms with Gasteiger partial charge in [-0.3, -0.25) is 4.79 Å². The number of rotatable bonds is 6. The van der Waals surface area contributed by atoms with Crippen LogP contribution < -0.4 is 5.32 Å². The van der Waals surface area contributed by atoms with Gasteiger partial charge in [-0.2, -0.15) is 0 Å². The first kappa shape index (κ1) is 17.0. The minimum Gasteiger partial charge on any atom is -0.360 e. The van der Waals surface area contributed by atoms with Gasteiger partial charge in [-0.25, -0.2) is 0 Å². The number of ketones is 1. The van der Waals surface area contributed by atoms with Gasteiger partial charge in [0, 0.05) is 12.1 Å². The van der Waals surface area contributed by atoms with Gasteiger partial charge in [0.2, 0.25) is 5.13 Å². The molecule has 22 heavy (non-hydrogen) atoms. The Bertz CT molecular complexity index is 682. The fraction of sp³-hybridized carbons (Fsp3) is 0.438. The van der Waals surface area contributed by atoms with Gasteiger partial charge >= 0.3 is 0 Å². The van der Waals surface area contributed by atoms with Crippen molar-refractivity contribution < 1.29 is 4.79 Å². The van der Waals surface area contributed by atoms with Crippen molar-refractivity contribution in [3.05, 3.63) is 34.4 Å². The predicted molar refractivity (Wildman–Crippen MR) is 94.4 cm³/mol. The highest BCUT2D eigenvalue weighted by molar-refractivity contribution is 8.02. The number of aryl methyl sites for hydroxylation is 3. The molecule has 0 spiro atoms. The Labute approximate surface area is 139 Å². The van der Waals surface area contributed by atoms with Crippen LogP contribution in [0.4, 0.5) is 5.13 Å². The molecular weight excluding hydrogens is 314 g/mol. The highest BCUT2D eigenvalue weighted by atomic mass is 32.2. The highest BCUT2D eigenvalue weighted by Gasteiger charge is 2.20. The summed E-state index contributed by atoms with van der Waals surface area (Å²) < 4.78 is 0.818. The predicted octanol–water partition coefficient (Wildman–Crippen LogP) is 4.26. The van der Waals surface area contributed by atoms with Gasteiger partial charge in [0.1, 0.15) is 0 Å². The molecule has 0 aliphatic carbocycles. The molecule has 0 radical (unpaired) electrons. The maximum absolute atomic E-state index is 12.7. The van der Waals surface area contributed by atoms with E-state index in [0.29, 0.717) is 0 Å². The summed E-state index contributed by atoms with van der Waals surface area (Å²) in [5.41, 5.74) is 4.20. The Balaban J connectivity index is 2.13. The van der Waals surface area contributed by atoms with Gasteiger partial charge in [-0.15, -0.1) is 10.2 Å². The second-order valence-electron chi connectivity index (χ2n) is 5.28. The fourth-order valence-electron chi connectivity index (χ4n) is 2.13. The minimum atomic E-state index is -0.178. The van der Waals surface area contributed by atoms with E-state index in [1.54, 1.807) is 0 Å². The summed E-state index contributed by atoms with van der Waals surface area (Å²) in [5.74, 6) is 0.144. The summed E-state index contributed by atoms with van der Waals surface area (Å²) in [6, 6.07) is 4.07. The summed E-state index contributed by atoms with van der Waals surface area (Å²) in [5, 5.41) is 11.9. The molecule has 0 saturated heterocycles. The molecule has 118 valence electrons. The van der Waals surface area contributed by atoms with Crippen molar-refractivity contribution in [3.8, 4) is 0 Å². The van der Waals surface area contributed by atoms with Crippen LogP contribution in [0, 0.1) is 20.8 Å². The van der Waals surface area contributed by atoms with Crippen LogP contribution in [-0.2, 0) is 0 Å². The van der Waals surface area contributed by atoms with Crippen molar-refractivity contribution >= 4 is 34.0 Å². The third-order valence-electron chi connectivity index (χ3n) is 3.49. The molecule has 0 saturated carbocycles. The molecule has 0 unspecified atom stereocenters. The lowest BCUT2D eigenvalue weighted by molar-refractivity contribution is 0.0993. The Kier molecular flexibility index (Phi) is 5.58. The lowest BCUT2D eigenvalue weighted by Crippen LogP contribution is -2.15. The Morgan fingerprint density at radius 2 is 1.91 bits per heavy atom. The van der Waals surface area contributed by atoms with Crippen molar-refractivity contribution in [3.63, 3.8) is 0 Å². The molecule has 1 N–H and O–H groups in total. The van der Waals surface area contributed by atoms with Gasteiger partial charge < -0.3 is 5.32 Å². The van der Waals surface area contributed by atoms with Gasteiger partial charge in [-0.1, -0.05) is 29.2 Å². The Hall–Kier alpha value is -1.40. The minimum absolute atomic E-state index is 0.144. The number of benzene rings is 1. The molecule has 1 atom stereocenters. The van der Waals surface area contributed by atoms with Crippen LogP contribution in [0.2, 0.25) is 0 Å². The second-order valence-corrected chi connectivity index (χ2v) is 7.84. The smallest absolute Gasteiger partial charge is 0.206 e. The summed E-state index contributed by atoms with van der Waals surface area (Å²) >= 11 is 2.95. The average Bonchev–Trinajstić information content (AvgIpc) is 2.89. The van der Waals surface area contributed by atoms with Crippen molar-refractivity contribution in [2.24, 2.45) is 0 Å². The largest absolute Gasteiger partial charge is 0.360 e. The molecule has 1 aromatic carbocycles. The van der Waals surface area contributed by atoms with E-state index < -0.39 is 0 Å². The van der Waals surface area contributed by atoms with E-state index in [4.69, 9.17) is 0 Å². The molecule has 0 amide bonds. The number of Topliss-reactive ketones (excluding diaryl/α,β-unsaturated/α-hetero) is 1. The Morgan fingerprint density at radius 1 is 1.23 bits per heavy atom. The van der Waals surface area contributed by atoms with E-state index in [0.717, 1.165) is 32.7 Å². The lowest BCUT2D eigenvalue weighted by Gasteiger charge is -2.12. The summed E-state index contributed by atoms with van der Waals surface area (Å²) in [7, 11) is 0. The summed E-state index contributed by atoms with van der Waals surface area (Å²) in [6.07, 6.45) is 0. The highest BCUT2D eigenvalue weighted by Crippen LogP contribution is 2.31. The third-order valence-corrected chi connectivity index (χ3v) is 5.55. The van der Waals surface area contributed by atoms with E-state index in [1.165, 1.54) is 28.7 Å². The molecule has 1 aromatic heterocycles. The average molecular weight is 335 g/mol. The number of hydrogen-bond acceptors (Lipinski definition) is 6. The molecule has 2 rings (SSSR count). The monoisotopic (exact) mass is 335 g/mol. The number of nitrogens with zero attached hydrogens (tertiary/aromatic N) is 2. The fourth-order valence-corrected chi connectivity index (χ4v) is 4.16.